The topological polar surface area (TPSA) is 104 Å². The van der Waals surface area contributed by atoms with Gasteiger partial charge in [-0.25, -0.2) is 32.5 Å². The molecule has 0 unspecified atom stereocenters. The molecule has 0 aliphatic carbocycles. The van der Waals surface area contributed by atoms with Crippen molar-refractivity contribution < 1.29 is 22.4 Å². The van der Waals surface area contributed by atoms with Crippen LogP contribution in [-0.4, -0.2) is 35.4 Å². The van der Waals surface area contributed by atoms with E-state index in [1.165, 1.54) is 40.2 Å². The summed E-state index contributed by atoms with van der Waals surface area (Å²) in [5.41, 5.74) is 1.23. The second-order valence-corrected chi connectivity index (χ2v) is 7.76. The monoisotopic (exact) mass is 481 g/mol. The zero-order valence-electron chi connectivity index (χ0n) is 18.3. The fourth-order valence-electron chi connectivity index (χ4n) is 3.72. The van der Waals surface area contributed by atoms with Crippen molar-refractivity contribution in [2.24, 2.45) is 0 Å². The van der Waals surface area contributed by atoms with Crippen LogP contribution in [0.25, 0.3) is 22.5 Å². The number of aromatic nitrogens is 6. The van der Waals surface area contributed by atoms with E-state index in [1.807, 2.05) is 0 Å². The number of anilines is 1. The number of carbonyl (C=O) groups is 1. The smallest absolute Gasteiger partial charge is 0.264 e. The fourth-order valence-corrected chi connectivity index (χ4v) is 3.72. The third-order valence-corrected chi connectivity index (χ3v) is 5.26. The molecule has 9 nitrogen and oxygen atoms in total. The van der Waals surface area contributed by atoms with Crippen LogP contribution in [0, 0.1) is 12.7 Å². The first-order chi connectivity index (χ1) is 16.9. The van der Waals surface area contributed by atoms with Gasteiger partial charge in [0, 0.05) is 5.56 Å². The highest BCUT2D eigenvalue weighted by molar-refractivity contribution is 5.91. The number of pyridine rings is 1. The van der Waals surface area contributed by atoms with Gasteiger partial charge in [-0.05, 0) is 42.8 Å². The molecule has 0 fully saturated rings. The number of amides is 1. The first-order valence-corrected chi connectivity index (χ1v) is 10.5. The summed E-state index contributed by atoms with van der Waals surface area (Å²) >= 11 is 0. The van der Waals surface area contributed by atoms with E-state index in [-0.39, 0.29) is 40.6 Å². The molecule has 0 bridgehead atoms. The second kappa shape index (κ2) is 9.05. The van der Waals surface area contributed by atoms with Crippen molar-refractivity contribution in [1.82, 2.24) is 29.5 Å². The van der Waals surface area contributed by atoms with Crippen LogP contribution < -0.4 is 5.32 Å². The molecular weight excluding hydrogens is 463 g/mol. The van der Waals surface area contributed by atoms with E-state index in [0.29, 0.717) is 18.0 Å². The van der Waals surface area contributed by atoms with Crippen molar-refractivity contribution in [2.75, 3.05) is 5.32 Å². The lowest BCUT2D eigenvalue weighted by molar-refractivity contribution is -0.116. The lowest BCUT2D eigenvalue weighted by Gasteiger charge is -2.07. The summed E-state index contributed by atoms with van der Waals surface area (Å²) in [6, 6.07) is 10.4. The molecule has 178 valence electrons. The standard InChI is InChI=1S/C23H18F3N7O2/c1-13-20-16(21(25)26)9-17(18-3-2-8-35-18)28-22(20)33(30-13)11-19(34)29-23-27-12-32(31-23)10-14-4-6-15(24)7-5-14/h2-9,12,21H,10-11H2,1H3,(H,29,31,34). The van der Waals surface area contributed by atoms with E-state index in [1.54, 1.807) is 31.2 Å². The van der Waals surface area contributed by atoms with Gasteiger partial charge in [0.1, 0.15) is 24.4 Å². The molecule has 4 heterocycles. The number of halogens is 3. The highest BCUT2D eigenvalue weighted by Crippen LogP contribution is 2.33. The Kier molecular flexibility index (Phi) is 5.77. The molecule has 0 spiro atoms. The molecule has 0 saturated carbocycles. The quantitative estimate of drug-likeness (QED) is 0.371. The molecule has 0 aliphatic heterocycles. The van der Waals surface area contributed by atoms with Gasteiger partial charge < -0.3 is 4.42 Å². The van der Waals surface area contributed by atoms with Crippen LogP contribution in [0.5, 0.6) is 0 Å². The van der Waals surface area contributed by atoms with Gasteiger partial charge in [-0.15, -0.1) is 5.10 Å². The highest BCUT2D eigenvalue weighted by Gasteiger charge is 2.22. The normalized spacial score (nSPS) is 11.5. The van der Waals surface area contributed by atoms with Crippen molar-refractivity contribution in [3.63, 3.8) is 0 Å². The predicted octanol–water partition coefficient (Wildman–Crippen LogP) is 4.35. The fraction of sp³-hybridized carbons (Fsp3) is 0.174. The van der Waals surface area contributed by atoms with Gasteiger partial charge in [0.15, 0.2) is 11.4 Å². The lowest BCUT2D eigenvalue weighted by atomic mass is 10.1. The van der Waals surface area contributed by atoms with Gasteiger partial charge in [0.05, 0.1) is 23.9 Å². The second-order valence-electron chi connectivity index (χ2n) is 7.76. The summed E-state index contributed by atoms with van der Waals surface area (Å²) in [6.45, 7) is 1.62. The number of alkyl halides is 2. The summed E-state index contributed by atoms with van der Waals surface area (Å²) in [7, 11) is 0. The van der Waals surface area contributed by atoms with Crippen LogP contribution in [0.1, 0.15) is 23.2 Å². The number of nitrogens with zero attached hydrogens (tertiary/aromatic N) is 6. The Bertz CT molecular complexity index is 1490. The zero-order chi connectivity index (χ0) is 24.5. The van der Waals surface area contributed by atoms with Crippen molar-refractivity contribution in [3.05, 3.63) is 77.7 Å². The molecule has 0 aliphatic rings. The predicted molar refractivity (Wildman–Crippen MR) is 119 cm³/mol. The van der Waals surface area contributed by atoms with Crippen LogP contribution in [0.2, 0.25) is 0 Å². The van der Waals surface area contributed by atoms with Crippen molar-refractivity contribution >= 4 is 22.9 Å². The molecule has 0 atom stereocenters. The molecule has 5 aromatic rings. The minimum atomic E-state index is -2.77. The van der Waals surface area contributed by atoms with Crippen LogP contribution in [-0.2, 0) is 17.9 Å². The third kappa shape index (κ3) is 4.63. The number of aryl methyl sites for hydroxylation is 1. The van der Waals surface area contributed by atoms with Gasteiger partial charge in [-0.3, -0.25) is 10.1 Å². The summed E-state index contributed by atoms with van der Waals surface area (Å²) in [6.07, 6.45) is 0.0775. The molecule has 5 rings (SSSR count). The molecule has 1 N–H and O–H groups in total. The molecule has 12 heteroatoms. The Morgan fingerprint density at radius 1 is 1.17 bits per heavy atom. The van der Waals surface area contributed by atoms with Crippen molar-refractivity contribution in [3.8, 4) is 11.5 Å². The molecule has 4 aromatic heterocycles. The van der Waals surface area contributed by atoms with Gasteiger partial charge >= 0.3 is 0 Å². The Morgan fingerprint density at radius 3 is 2.69 bits per heavy atom. The average molecular weight is 481 g/mol. The zero-order valence-corrected chi connectivity index (χ0v) is 18.3. The van der Waals surface area contributed by atoms with E-state index in [9.17, 15) is 18.0 Å². The molecule has 1 amide bonds. The Balaban J connectivity index is 1.37. The van der Waals surface area contributed by atoms with Crippen LogP contribution >= 0.6 is 0 Å². The Hall–Kier alpha value is -4.48. The van der Waals surface area contributed by atoms with Crippen LogP contribution in [0.15, 0.2) is 59.5 Å². The Morgan fingerprint density at radius 2 is 1.97 bits per heavy atom. The summed E-state index contributed by atoms with van der Waals surface area (Å²) in [4.78, 5) is 21.2. The first kappa shape index (κ1) is 22.3. The average Bonchev–Trinajstić information content (AvgIpc) is 3.57. The van der Waals surface area contributed by atoms with E-state index in [2.05, 4.69) is 25.5 Å². The lowest BCUT2D eigenvalue weighted by Crippen LogP contribution is -2.20. The number of rotatable bonds is 7. The summed E-state index contributed by atoms with van der Waals surface area (Å²) < 4.78 is 48.8. The largest absolute Gasteiger partial charge is 0.463 e. The Labute approximate surface area is 196 Å². The van der Waals surface area contributed by atoms with E-state index < -0.39 is 12.3 Å². The van der Waals surface area contributed by atoms with Crippen molar-refractivity contribution in [1.29, 1.82) is 0 Å². The van der Waals surface area contributed by atoms with Crippen LogP contribution in [0.3, 0.4) is 0 Å². The van der Waals surface area contributed by atoms with Gasteiger partial charge in [0.2, 0.25) is 11.9 Å². The molecular formula is C23H18F3N7O2. The minimum Gasteiger partial charge on any atom is -0.463 e. The van der Waals surface area contributed by atoms with Gasteiger partial charge in [-0.2, -0.15) is 5.10 Å². The van der Waals surface area contributed by atoms with Crippen molar-refractivity contribution in [2.45, 2.75) is 26.4 Å². The molecule has 0 saturated heterocycles. The number of carbonyl (C=O) groups excluding carboxylic acids is 1. The molecule has 1 aromatic carbocycles. The summed E-state index contributed by atoms with van der Waals surface area (Å²) in [5.74, 6) is -0.479. The number of benzene rings is 1. The molecule has 35 heavy (non-hydrogen) atoms. The maximum atomic E-state index is 13.8. The SMILES string of the molecule is Cc1nn(CC(=O)Nc2ncn(Cc3ccc(F)cc3)n2)c2nc(-c3ccco3)cc(C(F)F)c12. The minimum absolute atomic E-state index is 0.0581. The van der Waals surface area contributed by atoms with E-state index >= 15 is 0 Å². The van der Waals surface area contributed by atoms with E-state index in [4.69, 9.17) is 4.42 Å². The maximum Gasteiger partial charge on any atom is 0.264 e. The third-order valence-electron chi connectivity index (χ3n) is 5.26. The van der Waals surface area contributed by atoms with E-state index in [0.717, 1.165) is 5.56 Å². The van der Waals surface area contributed by atoms with Gasteiger partial charge in [-0.1, -0.05) is 12.1 Å². The maximum absolute atomic E-state index is 13.8. The number of nitrogens with one attached hydrogen (secondary N) is 1. The summed E-state index contributed by atoms with van der Waals surface area (Å²) in [5, 5.41) is 11.2. The first-order valence-electron chi connectivity index (χ1n) is 10.5. The van der Waals surface area contributed by atoms with Gasteiger partial charge in [0.25, 0.3) is 6.43 Å². The number of hydrogen-bond acceptors (Lipinski definition) is 6. The highest BCUT2D eigenvalue weighted by atomic mass is 19.3. The number of fused-ring (bicyclic) bond motifs is 1. The van der Waals surface area contributed by atoms with Crippen LogP contribution in [0.4, 0.5) is 19.1 Å². The number of hydrogen-bond donors (Lipinski definition) is 1. The number of furan rings is 1. The molecule has 0 radical (unpaired) electrons.